The first-order valence-electron chi connectivity index (χ1n) is 10.8. The summed E-state index contributed by atoms with van der Waals surface area (Å²) in [4.78, 5) is 30.4. The smallest absolute Gasteiger partial charge is 0.265 e. The van der Waals surface area contributed by atoms with E-state index < -0.39 is 0 Å². The van der Waals surface area contributed by atoms with Crippen molar-refractivity contribution < 1.29 is 4.79 Å². The Bertz CT molecular complexity index is 1200. The molecule has 0 unspecified atom stereocenters. The lowest BCUT2D eigenvalue weighted by atomic mass is 9.97. The van der Waals surface area contributed by atoms with E-state index in [4.69, 9.17) is 4.98 Å². The monoisotopic (exact) mass is 435 g/mol. The van der Waals surface area contributed by atoms with Gasteiger partial charge in [0.15, 0.2) is 10.8 Å². The lowest BCUT2D eigenvalue weighted by Crippen LogP contribution is -2.31. The van der Waals surface area contributed by atoms with Crippen molar-refractivity contribution in [3.8, 4) is 5.69 Å². The number of rotatable bonds is 6. The summed E-state index contributed by atoms with van der Waals surface area (Å²) in [5, 5.41) is 8.54. The van der Waals surface area contributed by atoms with E-state index in [1.165, 1.54) is 30.2 Å². The fourth-order valence-corrected chi connectivity index (χ4v) is 5.45. The predicted octanol–water partition coefficient (Wildman–Crippen LogP) is 3.63. The fourth-order valence-electron chi connectivity index (χ4n) is 4.32. The first kappa shape index (κ1) is 20.1. The van der Waals surface area contributed by atoms with Crippen LogP contribution in [0.5, 0.6) is 0 Å². The van der Waals surface area contributed by atoms with Crippen molar-refractivity contribution in [2.45, 2.75) is 49.7 Å². The van der Waals surface area contributed by atoms with Gasteiger partial charge in [-0.15, -0.1) is 0 Å². The van der Waals surface area contributed by atoms with Crippen LogP contribution >= 0.6 is 11.8 Å². The summed E-state index contributed by atoms with van der Waals surface area (Å²) in [6.07, 6.45) is 9.92. The zero-order valence-electron chi connectivity index (χ0n) is 17.3. The third kappa shape index (κ3) is 4.04. The highest BCUT2D eigenvalue weighted by Crippen LogP contribution is 2.33. The standard InChI is InChI=1S/C23H25N5O2S/c29-20(24-12-11-16-7-3-1-4-8-16)13-18-15-31-23-26-21-19(22(30)27(18)23)14-25-28(21)17-9-5-2-6-10-17/h2,5-7,9-10,14,18H,1,3-4,8,11-13,15H2,(H,24,29)/t18-/m0/s1. The number of hydrogen-bond acceptors (Lipinski definition) is 5. The lowest BCUT2D eigenvalue weighted by molar-refractivity contribution is -0.121. The van der Waals surface area contributed by atoms with Crippen LogP contribution in [0.15, 0.2) is 58.1 Å². The topological polar surface area (TPSA) is 81.8 Å². The van der Waals surface area contributed by atoms with Gasteiger partial charge in [-0.2, -0.15) is 5.10 Å². The summed E-state index contributed by atoms with van der Waals surface area (Å²) in [6, 6.07) is 9.48. The van der Waals surface area contributed by atoms with Crippen LogP contribution < -0.4 is 10.9 Å². The summed E-state index contributed by atoms with van der Waals surface area (Å²) in [6.45, 7) is 0.660. The van der Waals surface area contributed by atoms with Gasteiger partial charge in [-0.25, -0.2) is 9.67 Å². The third-order valence-electron chi connectivity index (χ3n) is 5.95. The number of fused-ring (bicyclic) bond motifs is 2. The first-order chi connectivity index (χ1) is 15.2. The quantitative estimate of drug-likeness (QED) is 0.472. The average molecular weight is 436 g/mol. The molecule has 0 saturated heterocycles. The maximum Gasteiger partial charge on any atom is 0.265 e. The van der Waals surface area contributed by atoms with E-state index in [0.29, 0.717) is 34.9 Å². The number of nitrogens with zero attached hydrogens (tertiary/aromatic N) is 4. The minimum Gasteiger partial charge on any atom is -0.356 e. The molecule has 1 aromatic carbocycles. The molecule has 7 nitrogen and oxygen atoms in total. The van der Waals surface area contributed by atoms with Gasteiger partial charge in [-0.3, -0.25) is 14.2 Å². The number of para-hydroxylation sites is 1. The molecule has 2 aliphatic rings. The molecule has 1 aliphatic carbocycles. The molecule has 1 amide bonds. The summed E-state index contributed by atoms with van der Waals surface area (Å²) in [7, 11) is 0. The van der Waals surface area contributed by atoms with Crippen molar-refractivity contribution in [1.29, 1.82) is 0 Å². The van der Waals surface area contributed by atoms with Crippen LogP contribution in [-0.2, 0) is 4.79 Å². The van der Waals surface area contributed by atoms with Crippen molar-refractivity contribution in [1.82, 2.24) is 24.6 Å². The molecular formula is C23H25N5O2S. The van der Waals surface area contributed by atoms with E-state index in [-0.39, 0.29) is 17.5 Å². The summed E-state index contributed by atoms with van der Waals surface area (Å²) >= 11 is 1.52. The van der Waals surface area contributed by atoms with Crippen LogP contribution in [0.25, 0.3) is 16.7 Å². The van der Waals surface area contributed by atoms with E-state index >= 15 is 0 Å². The molecule has 0 bridgehead atoms. The highest BCUT2D eigenvalue weighted by atomic mass is 32.2. The van der Waals surface area contributed by atoms with Crippen LogP contribution in [0.2, 0.25) is 0 Å². The minimum absolute atomic E-state index is 0.0122. The summed E-state index contributed by atoms with van der Waals surface area (Å²) in [5.41, 5.74) is 2.74. The van der Waals surface area contributed by atoms with Crippen LogP contribution in [0.3, 0.4) is 0 Å². The molecule has 0 fully saturated rings. The van der Waals surface area contributed by atoms with Crippen molar-refractivity contribution >= 4 is 28.7 Å². The van der Waals surface area contributed by atoms with Crippen LogP contribution in [-0.4, -0.2) is 37.5 Å². The Kier molecular flexibility index (Phi) is 5.63. The predicted molar refractivity (Wildman–Crippen MR) is 122 cm³/mol. The highest BCUT2D eigenvalue weighted by molar-refractivity contribution is 7.99. The van der Waals surface area contributed by atoms with E-state index in [9.17, 15) is 9.59 Å². The highest BCUT2D eigenvalue weighted by Gasteiger charge is 2.29. The Hall–Kier alpha value is -2.87. The van der Waals surface area contributed by atoms with Gasteiger partial charge < -0.3 is 5.32 Å². The van der Waals surface area contributed by atoms with Gasteiger partial charge in [0.1, 0.15) is 5.39 Å². The summed E-state index contributed by atoms with van der Waals surface area (Å²) < 4.78 is 3.37. The second-order valence-electron chi connectivity index (χ2n) is 8.08. The number of thioether (sulfide) groups is 1. The molecule has 0 radical (unpaired) electrons. The van der Waals surface area contributed by atoms with Crippen molar-refractivity contribution in [3.05, 3.63) is 58.5 Å². The molecule has 0 spiro atoms. The zero-order valence-corrected chi connectivity index (χ0v) is 18.1. The molecule has 3 aromatic rings. The Morgan fingerprint density at radius 3 is 2.90 bits per heavy atom. The number of aromatic nitrogens is 4. The molecule has 31 heavy (non-hydrogen) atoms. The molecule has 1 atom stereocenters. The SMILES string of the molecule is O=C(C[C@H]1CSc2nc3c(cnn3-c3ccccc3)c(=O)n21)NCCC1=CCCCC1. The maximum atomic E-state index is 13.2. The van der Waals surface area contributed by atoms with E-state index in [1.807, 2.05) is 30.3 Å². The fraction of sp³-hybridized carbons (Fsp3) is 0.391. The minimum atomic E-state index is -0.182. The number of amides is 1. The second-order valence-corrected chi connectivity index (χ2v) is 9.06. The van der Waals surface area contributed by atoms with Gasteiger partial charge in [0.05, 0.1) is 17.9 Å². The number of hydrogen-bond donors (Lipinski definition) is 1. The number of allylic oxidation sites excluding steroid dienone is 1. The molecule has 1 N–H and O–H groups in total. The Morgan fingerprint density at radius 1 is 1.23 bits per heavy atom. The summed E-state index contributed by atoms with van der Waals surface area (Å²) in [5.74, 6) is 0.661. The molecule has 3 heterocycles. The largest absolute Gasteiger partial charge is 0.356 e. The van der Waals surface area contributed by atoms with Crippen molar-refractivity contribution in [3.63, 3.8) is 0 Å². The first-order valence-corrected chi connectivity index (χ1v) is 11.8. The van der Waals surface area contributed by atoms with Crippen molar-refractivity contribution in [2.75, 3.05) is 12.3 Å². The molecular weight excluding hydrogens is 410 g/mol. The third-order valence-corrected chi connectivity index (χ3v) is 7.04. The Balaban J connectivity index is 1.31. The van der Waals surface area contributed by atoms with E-state index in [2.05, 4.69) is 16.5 Å². The number of carbonyl (C=O) groups excluding carboxylic acids is 1. The molecule has 8 heteroatoms. The van der Waals surface area contributed by atoms with Crippen molar-refractivity contribution in [2.24, 2.45) is 0 Å². The van der Waals surface area contributed by atoms with Crippen LogP contribution in [0.1, 0.15) is 44.6 Å². The zero-order chi connectivity index (χ0) is 21.2. The van der Waals surface area contributed by atoms with E-state index in [1.54, 1.807) is 15.4 Å². The number of carbonyl (C=O) groups is 1. The molecule has 0 saturated carbocycles. The molecule has 160 valence electrons. The van der Waals surface area contributed by atoms with Gasteiger partial charge in [-0.1, -0.05) is 41.6 Å². The van der Waals surface area contributed by atoms with Crippen LogP contribution in [0.4, 0.5) is 0 Å². The second kappa shape index (κ2) is 8.70. The van der Waals surface area contributed by atoms with Gasteiger partial charge >= 0.3 is 0 Å². The normalized spacial score (nSPS) is 18.1. The van der Waals surface area contributed by atoms with Crippen LogP contribution in [0, 0.1) is 0 Å². The number of nitrogens with one attached hydrogen (secondary N) is 1. The maximum absolute atomic E-state index is 13.2. The van der Waals surface area contributed by atoms with Gasteiger partial charge in [0.2, 0.25) is 5.91 Å². The van der Waals surface area contributed by atoms with Gasteiger partial charge in [0.25, 0.3) is 5.56 Å². The average Bonchev–Trinajstić information content (AvgIpc) is 3.40. The molecule has 1 aliphatic heterocycles. The molecule has 5 rings (SSSR count). The van der Waals surface area contributed by atoms with E-state index in [0.717, 1.165) is 24.9 Å². The van der Waals surface area contributed by atoms with Gasteiger partial charge in [-0.05, 0) is 44.2 Å². The van der Waals surface area contributed by atoms with Gasteiger partial charge in [0, 0.05) is 18.7 Å². The Labute approximate surface area is 184 Å². The lowest BCUT2D eigenvalue weighted by Gasteiger charge is -2.15. The number of benzene rings is 1. The Morgan fingerprint density at radius 2 is 2.10 bits per heavy atom. The molecule has 2 aromatic heterocycles.